The quantitative estimate of drug-likeness (QED) is 0.110. The van der Waals surface area contributed by atoms with Gasteiger partial charge in [0.2, 0.25) is 5.88 Å². The predicted octanol–water partition coefficient (Wildman–Crippen LogP) is 6.81. The van der Waals surface area contributed by atoms with Crippen LogP contribution in [0.2, 0.25) is 0 Å². The standard InChI is InChI=1S/C29H29F5N4O7/c1-28(2,3)45-27(40)37(12-11-22-24(38(41)42)9-10-25(36-22)43-4)15-17-19(30)7-6-8-21(17)35-23-14-18(29(32,33)34)20(31)13-16(23)26(39)44-5/h6-10,13-14,35H,11-12,15H2,1-5H3. The van der Waals surface area contributed by atoms with Gasteiger partial charge in [0.15, 0.2) is 0 Å². The number of nitrogens with zero attached hydrogens (tertiary/aromatic N) is 3. The molecule has 0 radical (unpaired) electrons. The third kappa shape index (κ3) is 8.77. The summed E-state index contributed by atoms with van der Waals surface area (Å²) in [5.74, 6) is -3.74. The van der Waals surface area contributed by atoms with Gasteiger partial charge >= 0.3 is 18.2 Å². The molecule has 0 atom stereocenters. The SMILES string of the molecule is COC(=O)c1cc(F)c(C(F)(F)F)cc1Nc1cccc(F)c1CN(CCc1nc(OC)ccc1[N+](=O)[O-])C(=O)OC(C)(C)C. The van der Waals surface area contributed by atoms with Crippen molar-refractivity contribution in [2.75, 3.05) is 26.1 Å². The highest BCUT2D eigenvalue weighted by molar-refractivity contribution is 5.97. The number of rotatable bonds is 10. The normalized spacial score (nSPS) is 11.5. The summed E-state index contributed by atoms with van der Waals surface area (Å²) in [7, 11) is 2.25. The van der Waals surface area contributed by atoms with E-state index in [1.165, 1.54) is 31.4 Å². The van der Waals surface area contributed by atoms with E-state index in [9.17, 15) is 37.3 Å². The summed E-state index contributed by atoms with van der Waals surface area (Å²) in [5.41, 5.74) is -4.72. The fourth-order valence-electron chi connectivity index (χ4n) is 4.09. The zero-order valence-corrected chi connectivity index (χ0v) is 24.8. The molecule has 16 heteroatoms. The first-order valence-electron chi connectivity index (χ1n) is 13.1. The van der Waals surface area contributed by atoms with E-state index < -0.39 is 63.8 Å². The maximum absolute atomic E-state index is 15.3. The molecule has 2 aromatic carbocycles. The molecule has 0 fully saturated rings. The van der Waals surface area contributed by atoms with Gasteiger partial charge in [-0.3, -0.25) is 10.1 Å². The molecule has 0 aliphatic rings. The predicted molar refractivity (Wildman–Crippen MR) is 150 cm³/mol. The van der Waals surface area contributed by atoms with Crippen molar-refractivity contribution in [2.45, 2.75) is 45.5 Å². The van der Waals surface area contributed by atoms with E-state index in [-0.39, 0.29) is 41.5 Å². The van der Waals surface area contributed by atoms with E-state index >= 15 is 4.39 Å². The number of methoxy groups -OCH3 is 2. The number of nitrogens with one attached hydrogen (secondary N) is 1. The van der Waals surface area contributed by atoms with Gasteiger partial charge < -0.3 is 24.4 Å². The summed E-state index contributed by atoms with van der Waals surface area (Å²) in [6.45, 7) is 3.90. The minimum absolute atomic E-state index is 0.0477. The summed E-state index contributed by atoms with van der Waals surface area (Å²) in [6.07, 6.45) is -6.29. The first-order valence-corrected chi connectivity index (χ1v) is 13.1. The number of pyridine rings is 1. The summed E-state index contributed by atoms with van der Waals surface area (Å²) in [5, 5.41) is 14.1. The van der Waals surface area contributed by atoms with Crippen molar-refractivity contribution in [1.82, 2.24) is 9.88 Å². The fourth-order valence-corrected chi connectivity index (χ4v) is 4.09. The molecule has 242 valence electrons. The maximum Gasteiger partial charge on any atom is 0.419 e. The molecule has 1 amide bonds. The van der Waals surface area contributed by atoms with E-state index in [0.717, 1.165) is 18.1 Å². The van der Waals surface area contributed by atoms with Crippen LogP contribution >= 0.6 is 0 Å². The monoisotopic (exact) mass is 640 g/mol. The molecule has 0 bridgehead atoms. The number of hydrogen-bond acceptors (Lipinski definition) is 9. The van der Waals surface area contributed by atoms with Gasteiger partial charge in [-0.05, 0) is 45.0 Å². The largest absolute Gasteiger partial charge is 0.481 e. The first kappa shape index (κ1) is 34.5. The molecule has 0 spiro atoms. The molecular formula is C29H29F5N4O7. The second-order valence-corrected chi connectivity index (χ2v) is 10.5. The molecule has 0 unspecified atom stereocenters. The number of nitro groups is 1. The number of hydrogen-bond donors (Lipinski definition) is 1. The van der Waals surface area contributed by atoms with Gasteiger partial charge in [0.1, 0.15) is 22.9 Å². The summed E-state index contributed by atoms with van der Waals surface area (Å²) >= 11 is 0. The Hall–Kier alpha value is -5.02. The number of amides is 1. The fraction of sp³-hybridized carbons (Fsp3) is 0.345. The van der Waals surface area contributed by atoms with Crippen LogP contribution in [0.15, 0.2) is 42.5 Å². The van der Waals surface area contributed by atoms with Crippen LogP contribution < -0.4 is 10.1 Å². The second-order valence-electron chi connectivity index (χ2n) is 10.5. The minimum atomic E-state index is -5.13. The van der Waals surface area contributed by atoms with Crippen molar-refractivity contribution in [2.24, 2.45) is 0 Å². The second kappa shape index (κ2) is 13.7. The molecule has 0 aliphatic heterocycles. The third-order valence-electron chi connectivity index (χ3n) is 6.16. The lowest BCUT2D eigenvalue weighted by atomic mass is 10.1. The zero-order valence-electron chi connectivity index (χ0n) is 24.8. The summed E-state index contributed by atoms with van der Waals surface area (Å²) in [4.78, 5) is 41.6. The Labute approximate surface area is 254 Å². The first-order chi connectivity index (χ1) is 20.9. The highest BCUT2D eigenvalue weighted by atomic mass is 19.4. The Kier molecular flexibility index (Phi) is 10.5. The van der Waals surface area contributed by atoms with Crippen molar-refractivity contribution < 1.29 is 50.7 Å². The van der Waals surface area contributed by atoms with E-state index in [1.54, 1.807) is 20.8 Å². The number of carbonyl (C=O) groups excluding carboxylic acids is 2. The lowest BCUT2D eigenvalue weighted by Crippen LogP contribution is -2.38. The van der Waals surface area contributed by atoms with Gasteiger partial charge in [0.25, 0.3) is 5.69 Å². The van der Waals surface area contributed by atoms with Gasteiger partial charge in [0.05, 0.1) is 42.5 Å². The molecule has 0 aliphatic carbocycles. The van der Waals surface area contributed by atoms with Crippen LogP contribution in [0.5, 0.6) is 5.88 Å². The van der Waals surface area contributed by atoms with Crippen LogP contribution in [0.25, 0.3) is 0 Å². The van der Waals surface area contributed by atoms with Gasteiger partial charge in [0, 0.05) is 36.3 Å². The van der Waals surface area contributed by atoms with Crippen LogP contribution in [0.1, 0.15) is 48.0 Å². The van der Waals surface area contributed by atoms with Gasteiger partial charge in [-0.15, -0.1) is 0 Å². The molecular weight excluding hydrogens is 611 g/mol. The topological polar surface area (TPSA) is 133 Å². The van der Waals surface area contributed by atoms with Crippen LogP contribution in [0.4, 0.5) is 43.8 Å². The third-order valence-corrected chi connectivity index (χ3v) is 6.16. The van der Waals surface area contributed by atoms with Crippen molar-refractivity contribution >= 4 is 29.1 Å². The average Bonchev–Trinajstić information content (AvgIpc) is 2.94. The number of esters is 1. The van der Waals surface area contributed by atoms with Crippen LogP contribution in [0, 0.1) is 21.7 Å². The Bertz CT molecular complexity index is 1590. The minimum Gasteiger partial charge on any atom is -0.481 e. The van der Waals surface area contributed by atoms with E-state index in [1.807, 2.05) is 0 Å². The Morgan fingerprint density at radius 2 is 1.71 bits per heavy atom. The molecule has 45 heavy (non-hydrogen) atoms. The molecule has 3 aromatic rings. The number of ether oxygens (including phenoxy) is 3. The lowest BCUT2D eigenvalue weighted by molar-refractivity contribution is -0.386. The van der Waals surface area contributed by atoms with Crippen molar-refractivity contribution in [1.29, 1.82) is 0 Å². The zero-order chi connectivity index (χ0) is 33.7. The van der Waals surface area contributed by atoms with Gasteiger partial charge in [-0.1, -0.05) is 6.07 Å². The number of alkyl halides is 3. The molecule has 1 N–H and O–H groups in total. The Morgan fingerprint density at radius 3 is 2.29 bits per heavy atom. The number of anilines is 2. The maximum atomic E-state index is 15.3. The van der Waals surface area contributed by atoms with Crippen molar-refractivity contribution in [3.8, 4) is 5.88 Å². The highest BCUT2D eigenvalue weighted by Crippen LogP contribution is 2.37. The smallest absolute Gasteiger partial charge is 0.419 e. The number of benzene rings is 2. The van der Waals surface area contributed by atoms with Crippen molar-refractivity contribution in [3.63, 3.8) is 0 Å². The molecule has 1 aromatic heterocycles. The number of aromatic nitrogens is 1. The number of carbonyl (C=O) groups is 2. The van der Waals surface area contributed by atoms with E-state index in [0.29, 0.717) is 12.1 Å². The van der Waals surface area contributed by atoms with Gasteiger partial charge in [-0.2, -0.15) is 13.2 Å². The average molecular weight is 641 g/mol. The summed E-state index contributed by atoms with van der Waals surface area (Å²) < 4.78 is 85.3. The molecule has 1 heterocycles. The molecule has 3 rings (SSSR count). The van der Waals surface area contributed by atoms with E-state index in [2.05, 4.69) is 15.0 Å². The number of halogens is 5. The Morgan fingerprint density at radius 1 is 1.02 bits per heavy atom. The van der Waals surface area contributed by atoms with E-state index in [4.69, 9.17) is 9.47 Å². The van der Waals surface area contributed by atoms with Crippen LogP contribution in [-0.4, -0.2) is 53.2 Å². The summed E-state index contributed by atoms with van der Waals surface area (Å²) in [6, 6.07) is 6.65. The van der Waals surface area contributed by atoms with Crippen LogP contribution in [0.3, 0.4) is 0 Å². The Balaban J connectivity index is 2.07. The lowest BCUT2D eigenvalue weighted by Gasteiger charge is -2.28. The molecule has 0 saturated heterocycles. The highest BCUT2D eigenvalue weighted by Gasteiger charge is 2.36. The molecule has 0 saturated carbocycles. The molecule has 11 nitrogen and oxygen atoms in total. The van der Waals surface area contributed by atoms with Crippen LogP contribution in [-0.2, 0) is 28.6 Å². The van der Waals surface area contributed by atoms with Crippen molar-refractivity contribution in [3.05, 3.63) is 86.6 Å². The van der Waals surface area contributed by atoms with Gasteiger partial charge in [-0.25, -0.2) is 23.4 Å².